The van der Waals surface area contributed by atoms with Gasteiger partial charge in [0.2, 0.25) is 0 Å². The third-order valence-corrected chi connectivity index (χ3v) is 5.64. The molecule has 1 amide bonds. The van der Waals surface area contributed by atoms with Crippen LogP contribution in [0.4, 0.5) is 5.69 Å². The summed E-state index contributed by atoms with van der Waals surface area (Å²) in [7, 11) is 0. The van der Waals surface area contributed by atoms with Crippen LogP contribution in [-0.2, 0) is 0 Å². The Hall–Kier alpha value is -2.63. The normalized spacial score (nSPS) is 10.8. The summed E-state index contributed by atoms with van der Waals surface area (Å²) in [6.07, 6.45) is 0. The molecular weight excluding hydrogens is 480 g/mol. The summed E-state index contributed by atoms with van der Waals surface area (Å²) in [4.78, 5) is 12.5. The van der Waals surface area contributed by atoms with Crippen LogP contribution in [0.3, 0.4) is 0 Å². The minimum Gasteiger partial charge on any atom is -0.506 e. The van der Waals surface area contributed by atoms with Gasteiger partial charge in [0, 0.05) is 26.5 Å². The smallest absolute Gasteiger partial charge is 0.259 e. The first-order chi connectivity index (χ1) is 14.8. The lowest BCUT2D eigenvalue weighted by atomic mass is 10.1. The maximum Gasteiger partial charge on any atom is 0.259 e. The van der Waals surface area contributed by atoms with Crippen LogP contribution >= 0.6 is 46.4 Å². The number of carbonyl (C=O) groups is 1. The number of hydrogen-bond acceptors (Lipinski definition) is 3. The van der Waals surface area contributed by atoms with Crippen molar-refractivity contribution in [2.24, 2.45) is 0 Å². The van der Waals surface area contributed by atoms with Crippen LogP contribution in [0.2, 0.25) is 20.1 Å². The van der Waals surface area contributed by atoms with Crippen LogP contribution in [0.5, 0.6) is 17.2 Å². The minimum absolute atomic E-state index is 0.0189. The number of ether oxygens (including phenoxy) is 1. The van der Waals surface area contributed by atoms with E-state index in [-0.39, 0.29) is 26.4 Å². The lowest BCUT2D eigenvalue weighted by Crippen LogP contribution is -2.12. The number of rotatable bonds is 4. The van der Waals surface area contributed by atoms with Crippen LogP contribution in [0.1, 0.15) is 10.4 Å². The van der Waals surface area contributed by atoms with Gasteiger partial charge < -0.3 is 15.2 Å². The molecule has 0 saturated carbocycles. The maximum atomic E-state index is 12.5. The number of amides is 1. The summed E-state index contributed by atoms with van der Waals surface area (Å²) < 4.78 is 5.99. The number of nitrogens with one attached hydrogen (secondary N) is 1. The quantitative estimate of drug-likeness (QED) is 0.301. The summed E-state index contributed by atoms with van der Waals surface area (Å²) >= 11 is 24.4. The molecule has 0 aliphatic heterocycles. The summed E-state index contributed by atoms with van der Waals surface area (Å²) in [5.41, 5.74) is 0.348. The van der Waals surface area contributed by atoms with Crippen molar-refractivity contribution in [2.75, 3.05) is 5.32 Å². The van der Waals surface area contributed by atoms with Crippen molar-refractivity contribution in [3.05, 3.63) is 92.4 Å². The van der Waals surface area contributed by atoms with E-state index < -0.39 is 5.91 Å². The van der Waals surface area contributed by atoms with Crippen molar-refractivity contribution in [1.29, 1.82) is 0 Å². The van der Waals surface area contributed by atoms with E-state index in [9.17, 15) is 9.90 Å². The molecule has 0 fully saturated rings. The highest BCUT2D eigenvalue weighted by Gasteiger charge is 2.16. The highest BCUT2D eigenvalue weighted by Crippen LogP contribution is 2.38. The van der Waals surface area contributed by atoms with Crippen LogP contribution in [0, 0.1) is 0 Å². The van der Waals surface area contributed by atoms with Crippen molar-refractivity contribution in [1.82, 2.24) is 0 Å². The summed E-state index contributed by atoms with van der Waals surface area (Å²) in [5.74, 6) is 0.0533. The van der Waals surface area contributed by atoms with Gasteiger partial charge in [0.1, 0.15) is 17.2 Å². The topological polar surface area (TPSA) is 58.6 Å². The van der Waals surface area contributed by atoms with E-state index in [1.807, 2.05) is 24.3 Å². The molecule has 0 bridgehead atoms. The lowest BCUT2D eigenvalue weighted by molar-refractivity contribution is 0.102. The molecule has 4 aromatic rings. The zero-order valence-electron chi connectivity index (χ0n) is 15.6. The lowest BCUT2D eigenvalue weighted by Gasteiger charge is -2.13. The first kappa shape index (κ1) is 21.6. The van der Waals surface area contributed by atoms with Crippen LogP contribution in [-0.4, -0.2) is 11.0 Å². The van der Waals surface area contributed by atoms with E-state index in [2.05, 4.69) is 5.32 Å². The molecule has 0 heterocycles. The third-order valence-electron chi connectivity index (χ3n) is 4.51. The monoisotopic (exact) mass is 491 g/mol. The van der Waals surface area contributed by atoms with Gasteiger partial charge in [0.25, 0.3) is 5.91 Å². The van der Waals surface area contributed by atoms with Gasteiger partial charge in [-0.3, -0.25) is 4.79 Å². The van der Waals surface area contributed by atoms with E-state index in [1.165, 1.54) is 18.2 Å². The molecule has 0 aromatic heterocycles. The highest BCUT2D eigenvalue weighted by atomic mass is 35.5. The number of anilines is 1. The molecule has 8 heteroatoms. The molecule has 0 atom stereocenters. The average Bonchev–Trinajstić information content (AvgIpc) is 2.74. The van der Waals surface area contributed by atoms with Crippen molar-refractivity contribution >= 4 is 68.8 Å². The molecule has 4 aromatic carbocycles. The van der Waals surface area contributed by atoms with Crippen molar-refractivity contribution in [3.8, 4) is 17.2 Å². The molecule has 156 valence electrons. The fourth-order valence-electron chi connectivity index (χ4n) is 3.04. The molecule has 31 heavy (non-hydrogen) atoms. The second kappa shape index (κ2) is 8.85. The second-order valence-corrected chi connectivity index (χ2v) is 8.23. The summed E-state index contributed by atoms with van der Waals surface area (Å²) in [6.45, 7) is 0. The molecule has 0 aliphatic rings. The molecule has 4 nitrogen and oxygen atoms in total. The van der Waals surface area contributed by atoms with E-state index >= 15 is 0 Å². The number of aromatic hydroxyl groups is 1. The third kappa shape index (κ3) is 4.53. The van der Waals surface area contributed by atoms with Gasteiger partial charge in [-0.2, -0.15) is 0 Å². The van der Waals surface area contributed by atoms with Crippen LogP contribution < -0.4 is 10.1 Å². The van der Waals surface area contributed by atoms with Gasteiger partial charge >= 0.3 is 0 Å². The molecule has 2 N–H and O–H groups in total. The minimum atomic E-state index is -0.588. The van der Waals surface area contributed by atoms with Crippen LogP contribution in [0.25, 0.3) is 10.8 Å². The van der Waals surface area contributed by atoms with E-state index in [1.54, 1.807) is 24.3 Å². The Morgan fingerprint density at radius 3 is 2.23 bits per heavy atom. The van der Waals surface area contributed by atoms with Gasteiger partial charge in [0.05, 0.1) is 15.6 Å². The first-order valence-corrected chi connectivity index (χ1v) is 10.5. The number of halogens is 4. The number of hydrogen-bond donors (Lipinski definition) is 2. The zero-order chi connectivity index (χ0) is 22.1. The molecule has 0 unspecified atom stereocenters. The van der Waals surface area contributed by atoms with Crippen molar-refractivity contribution < 1.29 is 14.6 Å². The molecule has 4 rings (SSSR count). The maximum absolute atomic E-state index is 12.5. The van der Waals surface area contributed by atoms with Crippen molar-refractivity contribution in [2.45, 2.75) is 0 Å². The Balaban J connectivity index is 1.58. The first-order valence-electron chi connectivity index (χ1n) is 8.97. The summed E-state index contributed by atoms with van der Waals surface area (Å²) in [6, 6.07) is 18.6. The Morgan fingerprint density at radius 2 is 1.48 bits per heavy atom. The Morgan fingerprint density at radius 1 is 0.774 bits per heavy atom. The van der Waals surface area contributed by atoms with E-state index in [0.717, 1.165) is 10.8 Å². The Labute approximate surface area is 197 Å². The number of benzene rings is 4. The highest BCUT2D eigenvalue weighted by molar-refractivity contribution is 6.37. The standard InChI is InChI=1S/C23H13Cl4NO3/c24-12-9-16(22(29)19(27)10-12)23(30)28-13-5-7-21(18(26)11-13)31-20-8-6-17(25)14-3-1-2-4-15(14)20/h1-11,29H,(H,28,30). The van der Waals surface area contributed by atoms with E-state index in [4.69, 9.17) is 51.1 Å². The summed E-state index contributed by atoms with van der Waals surface area (Å²) in [5, 5.41) is 15.5. The molecular formula is C23H13Cl4NO3. The largest absolute Gasteiger partial charge is 0.506 e. The number of fused-ring (bicyclic) bond motifs is 1. The predicted octanol–water partition coefficient (Wildman–Crippen LogP) is 8.20. The average molecular weight is 493 g/mol. The van der Waals surface area contributed by atoms with Gasteiger partial charge in [0.15, 0.2) is 0 Å². The van der Waals surface area contributed by atoms with Crippen molar-refractivity contribution in [3.63, 3.8) is 0 Å². The molecule has 0 aliphatic carbocycles. The second-order valence-electron chi connectivity index (χ2n) is 6.58. The fourth-order valence-corrected chi connectivity index (χ4v) is 3.98. The van der Waals surface area contributed by atoms with Gasteiger partial charge in [-0.15, -0.1) is 0 Å². The number of carbonyl (C=O) groups excluding carboxylic acids is 1. The van der Waals surface area contributed by atoms with Gasteiger partial charge in [-0.25, -0.2) is 0 Å². The van der Waals surface area contributed by atoms with Gasteiger partial charge in [-0.1, -0.05) is 70.7 Å². The Kier molecular flexibility index (Phi) is 6.17. The van der Waals surface area contributed by atoms with E-state index in [0.29, 0.717) is 22.2 Å². The predicted molar refractivity (Wildman–Crippen MR) is 127 cm³/mol. The fraction of sp³-hybridized carbons (Fsp3) is 0. The zero-order valence-corrected chi connectivity index (χ0v) is 18.7. The van der Waals surface area contributed by atoms with Crippen LogP contribution in [0.15, 0.2) is 66.7 Å². The molecule has 0 saturated heterocycles. The number of phenols is 1. The van der Waals surface area contributed by atoms with Gasteiger partial charge in [-0.05, 0) is 42.5 Å². The molecule has 0 radical (unpaired) electrons. The Bertz CT molecular complexity index is 1320. The SMILES string of the molecule is O=C(Nc1ccc(Oc2ccc(Cl)c3ccccc23)c(Cl)c1)c1cc(Cl)cc(Cl)c1O. The number of phenolic OH excluding ortho intramolecular Hbond substituents is 1. The molecule has 0 spiro atoms.